The number of hydrazone groups is 1. The summed E-state index contributed by atoms with van der Waals surface area (Å²) in [5.74, 6) is 0. The smallest absolute Gasteiger partial charge is 0.339 e. The van der Waals surface area contributed by atoms with Gasteiger partial charge >= 0.3 is 6.03 Å². The van der Waals surface area contributed by atoms with Crippen molar-refractivity contribution in [2.24, 2.45) is 5.10 Å². The molecule has 0 saturated carbocycles. The Kier molecular flexibility index (Phi) is 8.57. The zero-order valence-corrected chi connectivity index (χ0v) is 20.7. The number of morpholine rings is 1. The highest BCUT2D eigenvalue weighted by Crippen LogP contribution is 2.35. The second kappa shape index (κ2) is 12.2. The summed E-state index contributed by atoms with van der Waals surface area (Å²) < 4.78 is 5.59. The van der Waals surface area contributed by atoms with Crippen LogP contribution in [0.1, 0.15) is 32.3 Å². The van der Waals surface area contributed by atoms with Gasteiger partial charge in [0.2, 0.25) is 0 Å². The highest BCUT2D eigenvalue weighted by atomic mass is 16.5. The number of carbonyl (C=O) groups excluding carboxylic acids is 1. The average molecular weight is 474 g/mol. The van der Waals surface area contributed by atoms with Crippen molar-refractivity contribution in [3.63, 3.8) is 0 Å². The third-order valence-electron chi connectivity index (χ3n) is 6.38. The van der Waals surface area contributed by atoms with Gasteiger partial charge < -0.3 is 19.9 Å². The van der Waals surface area contributed by atoms with Crippen LogP contribution in [0.25, 0.3) is 6.08 Å². The second-order valence-electron chi connectivity index (χ2n) is 8.60. The summed E-state index contributed by atoms with van der Waals surface area (Å²) in [5, 5.41) is 7.03. The van der Waals surface area contributed by atoms with Gasteiger partial charge in [-0.05, 0) is 73.7 Å². The Morgan fingerprint density at radius 1 is 1.03 bits per heavy atom. The van der Waals surface area contributed by atoms with E-state index in [2.05, 4.69) is 69.8 Å². The van der Waals surface area contributed by atoms with Crippen molar-refractivity contribution < 1.29 is 9.53 Å². The molecule has 0 bridgehead atoms. The lowest BCUT2D eigenvalue weighted by atomic mass is 10.1. The zero-order valence-electron chi connectivity index (χ0n) is 20.7. The zero-order chi connectivity index (χ0) is 24.5. The molecule has 0 atom stereocenters. The number of carbonyl (C=O) groups is 1. The summed E-state index contributed by atoms with van der Waals surface area (Å²) in [4.78, 5) is 16.9. The summed E-state index contributed by atoms with van der Waals surface area (Å²) in [7, 11) is 0. The fourth-order valence-electron chi connectivity index (χ4n) is 4.59. The first-order valence-electron chi connectivity index (χ1n) is 12.4. The molecule has 2 aromatic carbocycles. The van der Waals surface area contributed by atoms with Crippen molar-refractivity contribution >= 4 is 29.7 Å². The Hall–Kier alpha value is -3.58. The van der Waals surface area contributed by atoms with E-state index in [0.717, 1.165) is 63.5 Å². The molecule has 1 fully saturated rings. The molecule has 0 aromatic heterocycles. The van der Waals surface area contributed by atoms with E-state index in [1.165, 1.54) is 22.5 Å². The van der Waals surface area contributed by atoms with Crippen LogP contribution in [0.4, 0.5) is 16.2 Å². The first-order valence-corrected chi connectivity index (χ1v) is 12.4. The van der Waals surface area contributed by atoms with E-state index < -0.39 is 0 Å². The number of nitrogens with one attached hydrogen (secondary N) is 2. The lowest BCUT2D eigenvalue weighted by Gasteiger charge is -2.31. The molecule has 0 spiro atoms. The minimum Gasteiger partial charge on any atom is -0.378 e. The SMILES string of the molecule is CCN(CC)c1ccc(C=C2CCC(C=NNC(=O)Nc3ccccc3)=C2N2CCOCC2)cc1. The normalized spacial score (nSPS) is 17.3. The van der Waals surface area contributed by atoms with Crippen LogP contribution in [-0.2, 0) is 4.74 Å². The Morgan fingerprint density at radius 2 is 1.74 bits per heavy atom. The molecule has 7 heteroatoms. The van der Waals surface area contributed by atoms with E-state index >= 15 is 0 Å². The molecule has 1 heterocycles. The lowest BCUT2D eigenvalue weighted by molar-refractivity contribution is 0.0548. The van der Waals surface area contributed by atoms with Crippen LogP contribution >= 0.6 is 0 Å². The number of urea groups is 1. The minimum absolute atomic E-state index is 0.358. The topological polar surface area (TPSA) is 69.2 Å². The number of hydrogen-bond acceptors (Lipinski definition) is 5. The van der Waals surface area contributed by atoms with Gasteiger partial charge in [0.1, 0.15) is 0 Å². The quantitative estimate of drug-likeness (QED) is 0.413. The molecule has 1 saturated heterocycles. The Balaban J connectivity index is 1.51. The van der Waals surface area contributed by atoms with Crippen molar-refractivity contribution in [3.8, 4) is 0 Å². The van der Waals surface area contributed by atoms with Crippen LogP contribution in [0.2, 0.25) is 0 Å². The van der Waals surface area contributed by atoms with E-state index in [1.807, 2.05) is 30.3 Å². The van der Waals surface area contributed by atoms with Gasteiger partial charge in [-0.25, -0.2) is 10.2 Å². The molecule has 2 aromatic rings. The number of ether oxygens (including phenoxy) is 1. The van der Waals surface area contributed by atoms with Crippen LogP contribution in [0.5, 0.6) is 0 Å². The third-order valence-corrected chi connectivity index (χ3v) is 6.38. The summed E-state index contributed by atoms with van der Waals surface area (Å²) >= 11 is 0. The number of amides is 2. The van der Waals surface area contributed by atoms with Gasteiger partial charge in [0.15, 0.2) is 0 Å². The van der Waals surface area contributed by atoms with Gasteiger partial charge in [-0.3, -0.25) is 0 Å². The van der Waals surface area contributed by atoms with Gasteiger partial charge in [0, 0.05) is 43.3 Å². The Morgan fingerprint density at radius 3 is 2.43 bits per heavy atom. The minimum atomic E-state index is -0.358. The molecular formula is C28H35N5O2. The molecule has 1 aliphatic carbocycles. The molecule has 0 radical (unpaired) electrons. The molecule has 2 N–H and O–H groups in total. The number of nitrogens with zero attached hydrogens (tertiary/aromatic N) is 3. The second-order valence-corrected chi connectivity index (χ2v) is 8.60. The molecule has 35 heavy (non-hydrogen) atoms. The van der Waals surface area contributed by atoms with E-state index in [4.69, 9.17) is 4.74 Å². The van der Waals surface area contributed by atoms with Crippen LogP contribution in [0.3, 0.4) is 0 Å². The predicted octanol–water partition coefficient (Wildman–Crippen LogP) is 5.10. The van der Waals surface area contributed by atoms with Gasteiger partial charge in [-0.15, -0.1) is 0 Å². The number of benzene rings is 2. The first kappa shape index (κ1) is 24.5. The summed E-state index contributed by atoms with van der Waals surface area (Å²) in [6.45, 7) is 9.51. The van der Waals surface area contributed by atoms with Crippen LogP contribution < -0.4 is 15.6 Å². The van der Waals surface area contributed by atoms with Crippen molar-refractivity contribution in [1.82, 2.24) is 10.3 Å². The molecule has 4 rings (SSSR count). The summed E-state index contributed by atoms with van der Waals surface area (Å²) in [6.07, 6.45) is 5.91. The van der Waals surface area contributed by atoms with Gasteiger partial charge in [-0.1, -0.05) is 30.3 Å². The monoisotopic (exact) mass is 473 g/mol. The van der Waals surface area contributed by atoms with Crippen LogP contribution in [0, 0.1) is 0 Å². The van der Waals surface area contributed by atoms with Gasteiger partial charge in [-0.2, -0.15) is 5.10 Å². The maximum Gasteiger partial charge on any atom is 0.339 e. The van der Waals surface area contributed by atoms with Crippen molar-refractivity contribution in [2.75, 3.05) is 49.6 Å². The van der Waals surface area contributed by atoms with E-state index in [0.29, 0.717) is 0 Å². The number of para-hydroxylation sites is 1. The maximum atomic E-state index is 12.2. The first-order chi connectivity index (χ1) is 17.2. The maximum absolute atomic E-state index is 12.2. The van der Waals surface area contributed by atoms with Crippen molar-refractivity contribution in [1.29, 1.82) is 0 Å². The highest BCUT2D eigenvalue weighted by Gasteiger charge is 2.25. The standard InChI is InChI=1S/C28H35N5O2/c1-3-32(4-2)26-14-10-22(11-15-26)20-23-12-13-24(27(23)33-16-18-35-19-17-33)21-29-31-28(34)30-25-8-6-5-7-9-25/h5-11,14-15,20-21H,3-4,12-13,16-19H2,1-2H3,(H2,30,31,34). The third kappa shape index (κ3) is 6.51. The molecule has 2 aliphatic rings. The van der Waals surface area contributed by atoms with E-state index in [-0.39, 0.29) is 6.03 Å². The predicted molar refractivity (Wildman–Crippen MR) is 144 cm³/mol. The summed E-state index contributed by atoms with van der Waals surface area (Å²) in [6, 6.07) is 17.8. The molecule has 1 aliphatic heterocycles. The van der Waals surface area contributed by atoms with Crippen molar-refractivity contribution in [2.45, 2.75) is 26.7 Å². The lowest BCUT2D eigenvalue weighted by Crippen LogP contribution is -2.36. The van der Waals surface area contributed by atoms with Crippen LogP contribution in [0.15, 0.2) is 76.5 Å². The largest absolute Gasteiger partial charge is 0.378 e. The molecule has 0 unspecified atom stereocenters. The van der Waals surface area contributed by atoms with Gasteiger partial charge in [0.05, 0.1) is 19.4 Å². The average Bonchev–Trinajstić information content (AvgIpc) is 3.29. The van der Waals surface area contributed by atoms with Gasteiger partial charge in [0.25, 0.3) is 0 Å². The summed E-state index contributed by atoms with van der Waals surface area (Å²) in [5.41, 5.74) is 9.42. The van der Waals surface area contributed by atoms with E-state index in [9.17, 15) is 4.79 Å². The van der Waals surface area contributed by atoms with E-state index in [1.54, 1.807) is 6.21 Å². The number of rotatable bonds is 8. The molecular weight excluding hydrogens is 438 g/mol. The Labute approximate surface area is 208 Å². The Bertz CT molecular complexity index is 1070. The fraction of sp³-hybridized carbons (Fsp3) is 0.357. The number of allylic oxidation sites excluding steroid dienone is 2. The molecule has 184 valence electrons. The highest BCUT2D eigenvalue weighted by molar-refractivity contribution is 5.90. The number of anilines is 2. The molecule has 7 nitrogen and oxygen atoms in total. The number of hydrogen-bond donors (Lipinski definition) is 2. The van der Waals surface area contributed by atoms with Crippen LogP contribution in [-0.4, -0.2) is 56.5 Å². The molecule has 2 amide bonds. The van der Waals surface area contributed by atoms with Crippen molar-refractivity contribution in [3.05, 3.63) is 77.0 Å². The fourth-order valence-corrected chi connectivity index (χ4v) is 4.59.